The number of carbonyl (C=O) groups is 1. The minimum atomic E-state index is -0.149. The largest absolute Gasteiger partial charge is 0.388 e. The Kier molecular flexibility index (Phi) is 2.82. The molecule has 5 heteroatoms. The van der Waals surface area contributed by atoms with Crippen LogP contribution in [0.1, 0.15) is 5.82 Å². The summed E-state index contributed by atoms with van der Waals surface area (Å²) in [6.45, 7) is 0.0520. The summed E-state index contributed by atoms with van der Waals surface area (Å²) in [6, 6.07) is 0. The van der Waals surface area contributed by atoms with Gasteiger partial charge in [0.25, 0.3) is 0 Å². The third-order valence-electron chi connectivity index (χ3n) is 1.54. The van der Waals surface area contributed by atoms with Crippen LogP contribution in [0.5, 0.6) is 0 Å². The molecule has 0 bridgehead atoms. The first-order valence-electron chi connectivity index (χ1n) is 3.59. The highest BCUT2D eigenvalue weighted by Crippen LogP contribution is 1.96. The number of aliphatic hydroxyl groups is 1. The number of nitrogens with zero attached hydrogens (tertiary/aromatic N) is 2. The van der Waals surface area contributed by atoms with Gasteiger partial charge in [0.05, 0.1) is 0 Å². The first kappa shape index (κ1) is 8.73. The summed E-state index contributed by atoms with van der Waals surface area (Å²) in [4.78, 5) is 14.8. The van der Waals surface area contributed by atoms with E-state index in [-0.39, 0.29) is 19.1 Å². The Labute approximate surface area is 70.0 Å². The molecule has 0 aromatic carbocycles. The first-order valence-corrected chi connectivity index (χ1v) is 3.59. The van der Waals surface area contributed by atoms with Crippen LogP contribution in [0.2, 0.25) is 0 Å². The van der Waals surface area contributed by atoms with E-state index in [2.05, 4.69) is 10.3 Å². The van der Waals surface area contributed by atoms with Crippen LogP contribution in [0.25, 0.3) is 0 Å². The molecule has 0 atom stereocenters. The molecule has 1 heterocycles. The van der Waals surface area contributed by atoms with Crippen LogP contribution in [0, 0.1) is 0 Å². The zero-order valence-electron chi connectivity index (χ0n) is 6.82. The predicted octanol–water partition coefficient (Wildman–Crippen LogP) is -0.879. The van der Waals surface area contributed by atoms with Crippen LogP contribution in [-0.2, 0) is 17.9 Å². The average Bonchev–Trinajstić information content (AvgIpc) is 2.51. The Hall–Kier alpha value is -1.36. The lowest BCUT2D eigenvalue weighted by molar-refractivity contribution is -0.121. The summed E-state index contributed by atoms with van der Waals surface area (Å²) < 4.78 is 1.60. The van der Waals surface area contributed by atoms with Gasteiger partial charge in [0.15, 0.2) is 0 Å². The van der Waals surface area contributed by atoms with Gasteiger partial charge in [-0.1, -0.05) is 0 Å². The van der Waals surface area contributed by atoms with Crippen LogP contribution in [0.15, 0.2) is 12.4 Å². The number of hydrogen-bond donors (Lipinski definition) is 2. The number of rotatable bonds is 3. The average molecular weight is 169 g/mol. The maximum atomic E-state index is 10.9. The van der Waals surface area contributed by atoms with Gasteiger partial charge in [-0.2, -0.15) is 0 Å². The van der Waals surface area contributed by atoms with Crippen molar-refractivity contribution >= 4 is 5.91 Å². The van der Waals surface area contributed by atoms with E-state index in [0.717, 1.165) is 0 Å². The summed E-state index contributed by atoms with van der Waals surface area (Å²) in [6.07, 6.45) is 3.20. The van der Waals surface area contributed by atoms with Crippen molar-refractivity contribution in [2.45, 2.75) is 13.2 Å². The van der Waals surface area contributed by atoms with Crippen molar-refractivity contribution < 1.29 is 9.90 Å². The molecule has 0 saturated heterocycles. The molecule has 1 amide bonds. The van der Waals surface area contributed by atoms with E-state index in [9.17, 15) is 4.79 Å². The molecule has 0 aliphatic carbocycles. The van der Waals surface area contributed by atoms with Crippen LogP contribution in [0.4, 0.5) is 0 Å². The number of likely N-dealkylation sites (N-methyl/N-ethyl adjacent to an activating group) is 1. The van der Waals surface area contributed by atoms with Crippen molar-refractivity contribution in [2.24, 2.45) is 0 Å². The monoisotopic (exact) mass is 169 g/mol. The van der Waals surface area contributed by atoms with Crippen LogP contribution < -0.4 is 5.32 Å². The molecule has 0 aliphatic rings. The fraction of sp³-hybridized carbons (Fsp3) is 0.429. The number of nitrogens with one attached hydrogen (secondary N) is 1. The quantitative estimate of drug-likeness (QED) is 0.617. The number of aromatic nitrogens is 2. The van der Waals surface area contributed by atoms with E-state index in [1.54, 1.807) is 24.0 Å². The molecule has 0 aliphatic heterocycles. The van der Waals surface area contributed by atoms with Crippen molar-refractivity contribution in [3.05, 3.63) is 18.2 Å². The molecule has 0 radical (unpaired) electrons. The highest BCUT2D eigenvalue weighted by Gasteiger charge is 2.03. The number of hydrogen-bond acceptors (Lipinski definition) is 3. The van der Waals surface area contributed by atoms with Gasteiger partial charge in [-0.05, 0) is 0 Å². The second-order valence-corrected chi connectivity index (χ2v) is 2.30. The molecule has 0 saturated carbocycles. The van der Waals surface area contributed by atoms with Gasteiger partial charge in [-0.15, -0.1) is 0 Å². The van der Waals surface area contributed by atoms with Crippen molar-refractivity contribution in [2.75, 3.05) is 7.05 Å². The van der Waals surface area contributed by atoms with Crippen molar-refractivity contribution in [1.29, 1.82) is 0 Å². The Bertz CT molecular complexity index is 269. The predicted molar refractivity (Wildman–Crippen MR) is 42.2 cm³/mol. The number of aliphatic hydroxyl groups excluding tert-OH is 1. The molecule has 66 valence electrons. The van der Waals surface area contributed by atoms with Gasteiger partial charge in [-0.25, -0.2) is 4.98 Å². The van der Waals surface area contributed by atoms with Gasteiger partial charge in [0.2, 0.25) is 5.91 Å². The van der Waals surface area contributed by atoms with Crippen LogP contribution in [0.3, 0.4) is 0 Å². The van der Waals surface area contributed by atoms with E-state index in [1.165, 1.54) is 0 Å². The Morgan fingerprint density at radius 1 is 1.83 bits per heavy atom. The number of carbonyl (C=O) groups excluding carboxylic acids is 1. The lowest BCUT2D eigenvalue weighted by Gasteiger charge is -2.03. The zero-order chi connectivity index (χ0) is 8.97. The molecule has 1 rings (SSSR count). The fourth-order valence-electron chi connectivity index (χ4n) is 0.869. The smallest absolute Gasteiger partial charge is 0.239 e. The standard InChI is InChI=1S/C7H11N3O2/c1-8-7(12)4-10-3-2-9-6(10)5-11/h2-3,11H,4-5H2,1H3,(H,8,12). The minimum absolute atomic E-state index is 0.109. The van der Waals surface area contributed by atoms with Crippen molar-refractivity contribution in [1.82, 2.24) is 14.9 Å². The van der Waals surface area contributed by atoms with Crippen molar-refractivity contribution in [3.63, 3.8) is 0 Å². The van der Waals surface area contributed by atoms with E-state index < -0.39 is 0 Å². The third-order valence-corrected chi connectivity index (χ3v) is 1.54. The van der Waals surface area contributed by atoms with E-state index in [0.29, 0.717) is 5.82 Å². The lowest BCUT2D eigenvalue weighted by atomic mass is 10.5. The van der Waals surface area contributed by atoms with Gasteiger partial charge in [0, 0.05) is 19.4 Å². The SMILES string of the molecule is CNC(=O)Cn1ccnc1CO. The molecule has 0 fully saturated rings. The molecule has 2 N–H and O–H groups in total. The second kappa shape index (κ2) is 3.87. The summed E-state index contributed by atoms with van der Waals surface area (Å²) in [5.41, 5.74) is 0. The molecule has 0 unspecified atom stereocenters. The van der Waals surface area contributed by atoms with Gasteiger partial charge < -0.3 is 15.0 Å². The van der Waals surface area contributed by atoms with E-state index in [1.807, 2.05) is 0 Å². The molecule has 0 spiro atoms. The number of imidazole rings is 1. The highest BCUT2D eigenvalue weighted by atomic mass is 16.3. The summed E-state index contributed by atoms with van der Waals surface area (Å²) in [7, 11) is 1.57. The van der Waals surface area contributed by atoms with E-state index >= 15 is 0 Å². The number of amides is 1. The van der Waals surface area contributed by atoms with Gasteiger partial charge in [0.1, 0.15) is 19.0 Å². The second-order valence-electron chi connectivity index (χ2n) is 2.30. The zero-order valence-corrected chi connectivity index (χ0v) is 6.82. The molecule has 1 aromatic rings. The maximum absolute atomic E-state index is 10.9. The minimum Gasteiger partial charge on any atom is -0.388 e. The van der Waals surface area contributed by atoms with Crippen LogP contribution in [-0.4, -0.2) is 27.6 Å². The molecule has 12 heavy (non-hydrogen) atoms. The Morgan fingerprint density at radius 2 is 2.58 bits per heavy atom. The van der Waals surface area contributed by atoms with Gasteiger partial charge in [-0.3, -0.25) is 4.79 Å². The Balaban J connectivity index is 2.68. The topological polar surface area (TPSA) is 67.2 Å². The third kappa shape index (κ3) is 1.82. The Morgan fingerprint density at radius 3 is 3.17 bits per heavy atom. The molecular weight excluding hydrogens is 158 g/mol. The first-order chi connectivity index (χ1) is 5.77. The molecule has 5 nitrogen and oxygen atoms in total. The van der Waals surface area contributed by atoms with Crippen molar-refractivity contribution in [3.8, 4) is 0 Å². The van der Waals surface area contributed by atoms with Crippen LogP contribution >= 0.6 is 0 Å². The van der Waals surface area contributed by atoms with Gasteiger partial charge >= 0.3 is 0 Å². The lowest BCUT2D eigenvalue weighted by Crippen LogP contribution is -2.24. The normalized spacial score (nSPS) is 9.83. The molecule has 1 aromatic heterocycles. The fourth-order valence-corrected chi connectivity index (χ4v) is 0.869. The summed E-state index contributed by atoms with van der Waals surface area (Å²) >= 11 is 0. The summed E-state index contributed by atoms with van der Waals surface area (Å²) in [5, 5.41) is 11.3. The van der Waals surface area contributed by atoms with E-state index in [4.69, 9.17) is 5.11 Å². The molecular formula is C7H11N3O2. The highest BCUT2D eigenvalue weighted by molar-refractivity contribution is 5.75. The summed E-state index contributed by atoms with van der Waals surface area (Å²) in [5.74, 6) is 0.390. The maximum Gasteiger partial charge on any atom is 0.239 e.